The number of aromatic nitrogens is 3. The van der Waals surface area contributed by atoms with Crippen molar-refractivity contribution < 1.29 is 32.2 Å². The minimum Gasteiger partial charge on any atom is -0.478 e. The lowest BCUT2D eigenvalue weighted by Crippen LogP contribution is -2.41. The predicted molar refractivity (Wildman–Crippen MR) is 157 cm³/mol. The molecule has 0 bridgehead atoms. The summed E-state index contributed by atoms with van der Waals surface area (Å²) in [5.41, 5.74) is 1.21. The van der Waals surface area contributed by atoms with E-state index >= 15 is 4.39 Å². The maximum Gasteiger partial charge on any atom is 0.335 e. The molecule has 0 unspecified atom stereocenters. The fourth-order valence-corrected chi connectivity index (χ4v) is 5.57. The summed E-state index contributed by atoms with van der Waals surface area (Å²) in [5.74, 6) is -1.73. The van der Waals surface area contributed by atoms with E-state index in [1.54, 1.807) is 34.9 Å². The highest BCUT2D eigenvalue weighted by Gasteiger charge is 2.46. The van der Waals surface area contributed by atoms with Gasteiger partial charge in [0, 0.05) is 35.6 Å². The molecule has 0 radical (unpaired) electrons. The molecule has 2 aromatic heterocycles. The highest BCUT2D eigenvalue weighted by atomic mass is 19.3. The average molecular weight is 615 g/mol. The van der Waals surface area contributed by atoms with Crippen LogP contribution < -0.4 is 4.74 Å². The van der Waals surface area contributed by atoms with E-state index in [2.05, 4.69) is 9.97 Å². The Labute approximate surface area is 255 Å². The monoisotopic (exact) mass is 614 g/mol. The van der Waals surface area contributed by atoms with Crippen LogP contribution in [0.3, 0.4) is 0 Å². The number of fused-ring (bicyclic) bond motifs is 1. The molecule has 1 saturated carbocycles. The minimum absolute atomic E-state index is 0.00471. The van der Waals surface area contributed by atoms with Gasteiger partial charge in [-0.25, -0.2) is 32.3 Å². The van der Waals surface area contributed by atoms with Crippen LogP contribution >= 0.6 is 0 Å². The Morgan fingerprint density at radius 2 is 1.78 bits per heavy atom. The number of nitrogens with zero attached hydrogens (tertiary/aromatic N) is 4. The van der Waals surface area contributed by atoms with Gasteiger partial charge in [-0.2, -0.15) is 5.26 Å². The summed E-state index contributed by atoms with van der Waals surface area (Å²) in [6.07, 6.45) is -1.22. The molecule has 5 aromatic rings. The van der Waals surface area contributed by atoms with Gasteiger partial charge < -0.3 is 14.4 Å². The van der Waals surface area contributed by atoms with Gasteiger partial charge in [0.1, 0.15) is 24.1 Å². The Kier molecular flexibility index (Phi) is 7.97. The number of benzene rings is 3. The molecule has 0 saturated heterocycles. The smallest absolute Gasteiger partial charge is 0.335 e. The Morgan fingerprint density at radius 3 is 2.44 bits per heavy atom. The zero-order chi connectivity index (χ0) is 31.7. The van der Waals surface area contributed by atoms with E-state index in [1.165, 1.54) is 36.4 Å². The molecule has 11 heteroatoms. The topological polar surface area (TPSA) is 101 Å². The molecule has 45 heavy (non-hydrogen) atoms. The molecular weight excluding hydrogens is 588 g/mol. The Balaban J connectivity index is 1.26. The van der Waals surface area contributed by atoms with E-state index in [4.69, 9.17) is 10.00 Å². The first-order chi connectivity index (χ1) is 21.7. The van der Waals surface area contributed by atoms with Crippen molar-refractivity contribution in [3.8, 4) is 23.2 Å². The van der Waals surface area contributed by atoms with Gasteiger partial charge in [0.05, 0.1) is 33.9 Å². The number of ether oxygens (including phenoxy) is 1. The number of carboxylic acids is 1. The van der Waals surface area contributed by atoms with Crippen LogP contribution in [0.2, 0.25) is 0 Å². The normalized spacial score (nSPS) is 13.9. The van der Waals surface area contributed by atoms with Crippen molar-refractivity contribution in [3.05, 3.63) is 113 Å². The first-order valence-electron chi connectivity index (χ1n) is 14.2. The molecule has 1 aliphatic rings. The molecule has 0 aliphatic heterocycles. The number of rotatable bonds is 10. The Morgan fingerprint density at radius 1 is 1.00 bits per heavy atom. The second-order valence-corrected chi connectivity index (χ2v) is 11.2. The standard InChI is InChI=1S/C34H26F4N4O3/c35-25-13-20(17-39)5-6-24(25)18-45-31-4-1-3-27(41-31)22-8-7-21(26(36)14-22)16-30-40-28-10-9-23(32(43)44)15-29(28)42(30)19-34(33(37)38)11-2-12-34/h1,3-10,13-15,33H,2,11-12,16,18-19H2,(H,43,44). The fraction of sp³-hybridized carbons (Fsp3) is 0.235. The number of carbonyl (C=O) groups is 1. The maximum absolute atomic E-state index is 15.5. The summed E-state index contributed by atoms with van der Waals surface area (Å²) in [7, 11) is 0. The summed E-state index contributed by atoms with van der Waals surface area (Å²) >= 11 is 0. The summed E-state index contributed by atoms with van der Waals surface area (Å²) < 4.78 is 65.3. The van der Waals surface area contributed by atoms with E-state index in [0.29, 0.717) is 47.4 Å². The van der Waals surface area contributed by atoms with Gasteiger partial charge in [-0.3, -0.25) is 0 Å². The first kappa shape index (κ1) is 29.8. The van der Waals surface area contributed by atoms with Gasteiger partial charge in [0.2, 0.25) is 12.3 Å². The molecule has 0 atom stereocenters. The molecule has 6 rings (SSSR count). The van der Waals surface area contributed by atoms with Crippen molar-refractivity contribution in [1.29, 1.82) is 5.26 Å². The van der Waals surface area contributed by atoms with Crippen LogP contribution in [0.1, 0.15) is 52.1 Å². The number of hydrogen-bond donors (Lipinski definition) is 1. The number of hydrogen-bond acceptors (Lipinski definition) is 5. The van der Waals surface area contributed by atoms with Crippen molar-refractivity contribution in [2.24, 2.45) is 5.41 Å². The molecule has 1 N–H and O–H groups in total. The van der Waals surface area contributed by atoms with Gasteiger partial charge >= 0.3 is 5.97 Å². The van der Waals surface area contributed by atoms with E-state index in [9.17, 15) is 23.1 Å². The van der Waals surface area contributed by atoms with E-state index in [-0.39, 0.29) is 47.7 Å². The molecule has 1 fully saturated rings. The highest BCUT2D eigenvalue weighted by molar-refractivity contribution is 5.92. The zero-order valence-electron chi connectivity index (χ0n) is 23.8. The highest BCUT2D eigenvalue weighted by Crippen LogP contribution is 2.48. The number of nitriles is 1. The summed E-state index contributed by atoms with van der Waals surface area (Å²) in [6.45, 7) is -0.175. The van der Waals surface area contributed by atoms with Crippen molar-refractivity contribution in [3.63, 3.8) is 0 Å². The van der Waals surface area contributed by atoms with E-state index in [1.807, 2.05) is 6.07 Å². The number of aromatic carboxylic acids is 1. The predicted octanol–water partition coefficient (Wildman–Crippen LogP) is 7.55. The van der Waals surface area contributed by atoms with Gasteiger partial charge in [-0.15, -0.1) is 0 Å². The molecule has 7 nitrogen and oxygen atoms in total. The lowest BCUT2D eigenvalue weighted by atomic mass is 9.69. The van der Waals surface area contributed by atoms with Gasteiger partial charge in [-0.05, 0) is 60.9 Å². The van der Waals surface area contributed by atoms with Crippen LogP contribution in [-0.4, -0.2) is 32.0 Å². The number of halogens is 4. The fourth-order valence-electron chi connectivity index (χ4n) is 5.57. The van der Waals surface area contributed by atoms with Crippen LogP contribution in [0, 0.1) is 28.4 Å². The lowest BCUT2D eigenvalue weighted by molar-refractivity contribution is -0.0714. The van der Waals surface area contributed by atoms with Gasteiger partial charge in [0.25, 0.3) is 0 Å². The van der Waals surface area contributed by atoms with Crippen molar-refractivity contribution in [1.82, 2.24) is 14.5 Å². The minimum atomic E-state index is -2.56. The van der Waals surface area contributed by atoms with Crippen LogP contribution in [-0.2, 0) is 19.6 Å². The van der Waals surface area contributed by atoms with Crippen LogP contribution in [0.5, 0.6) is 5.88 Å². The second-order valence-electron chi connectivity index (χ2n) is 11.2. The summed E-state index contributed by atoms with van der Waals surface area (Å²) in [5, 5.41) is 18.4. The Hall–Kier alpha value is -5.24. The third-order valence-electron chi connectivity index (χ3n) is 8.34. The average Bonchev–Trinajstić information content (AvgIpc) is 3.34. The van der Waals surface area contributed by atoms with Crippen molar-refractivity contribution >= 4 is 17.0 Å². The second kappa shape index (κ2) is 12.0. The first-order valence-corrected chi connectivity index (χ1v) is 14.2. The van der Waals surface area contributed by atoms with Crippen LogP contribution in [0.25, 0.3) is 22.3 Å². The molecule has 0 amide bonds. The van der Waals surface area contributed by atoms with Crippen molar-refractivity contribution in [2.45, 2.75) is 45.3 Å². The molecule has 2 heterocycles. The largest absolute Gasteiger partial charge is 0.478 e. The van der Waals surface area contributed by atoms with Crippen LogP contribution in [0.4, 0.5) is 17.6 Å². The van der Waals surface area contributed by atoms with E-state index < -0.39 is 29.4 Å². The Bertz CT molecular complexity index is 1960. The quantitative estimate of drug-likeness (QED) is 0.163. The van der Waals surface area contributed by atoms with Gasteiger partial charge in [0.15, 0.2) is 0 Å². The third kappa shape index (κ3) is 5.96. The number of imidazole rings is 1. The third-order valence-corrected chi connectivity index (χ3v) is 8.34. The molecule has 1 aliphatic carbocycles. The number of pyridine rings is 1. The van der Waals surface area contributed by atoms with Gasteiger partial charge in [-0.1, -0.05) is 30.7 Å². The van der Waals surface area contributed by atoms with Crippen molar-refractivity contribution in [2.75, 3.05) is 0 Å². The molecular formula is C34H26F4N4O3. The SMILES string of the molecule is N#Cc1ccc(COc2cccc(-c3ccc(Cc4nc5ccc(C(=O)O)cc5n4CC4(C(F)F)CCC4)c(F)c3)n2)c(F)c1. The molecule has 0 spiro atoms. The summed E-state index contributed by atoms with van der Waals surface area (Å²) in [6, 6.07) is 19.8. The van der Waals surface area contributed by atoms with E-state index in [0.717, 1.165) is 6.07 Å². The zero-order valence-corrected chi connectivity index (χ0v) is 23.8. The number of carboxylic acid groups (broad SMARTS) is 1. The number of alkyl halides is 2. The molecule has 3 aromatic carbocycles. The van der Waals surface area contributed by atoms with Crippen LogP contribution in [0.15, 0.2) is 72.8 Å². The maximum atomic E-state index is 15.5. The molecule has 228 valence electrons. The summed E-state index contributed by atoms with van der Waals surface area (Å²) in [4.78, 5) is 20.6. The lowest BCUT2D eigenvalue weighted by Gasteiger charge is -2.41.